The average Bonchev–Trinajstić information content (AvgIpc) is 3.37. The van der Waals surface area contributed by atoms with Crippen LogP contribution in [0.25, 0.3) is 0 Å². The number of fused-ring (bicyclic) bond motifs is 6. The van der Waals surface area contributed by atoms with E-state index in [1.54, 1.807) is 66.7 Å². The van der Waals surface area contributed by atoms with E-state index in [1.165, 1.54) is 0 Å². The van der Waals surface area contributed by atoms with E-state index < -0.39 is 46.8 Å². The first-order valence-electron chi connectivity index (χ1n) is 13.6. The summed E-state index contributed by atoms with van der Waals surface area (Å²) in [6.07, 6.45) is 0. The highest BCUT2D eigenvalue weighted by Gasteiger charge is 2.72. The zero-order valence-electron chi connectivity index (χ0n) is 22.7. The first-order chi connectivity index (χ1) is 20.1. The van der Waals surface area contributed by atoms with Gasteiger partial charge in [-0.05, 0) is 79.1 Å². The zero-order chi connectivity index (χ0) is 29.5. The minimum absolute atomic E-state index is 0.348. The lowest BCUT2D eigenvalue weighted by Gasteiger charge is -2.42. The standard InChI is InChI=1S/C34H24Cl2N2O4/c1-18-3-12-23(13-4-18)37-30(39)27-25-16-11-22(36)17-26(25)34(20-7-9-21(35)10-8-20)29(28(27)31(37)40)32(41)38(33(34)42)24-14-5-19(2)6-15-24/h3-17,27-29H,1-2H3/t27-,28-,29+,34+/m1/s1. The molecule has 4 aromatic carbocycles. The van der Waals surface area contributed by atoms with Gasteiger partial charge in [-0.3, -0.25) is 19.2 Å². The zero-order valence-corrected chi connectivity index (χ0v) is 24.2. The van der Waals surface area contributed by atoms with E-state index in [4.69, 9.17) is 23.2 Å². The molecule has 4 amide bonds. The van der Waals surface area contributed by atoms with E-state index in [9.17, 15) is 19.2 Å². The molecule has 0 bridgehead atoms. The Balaban J connectivity index is 1.53. The van der Waals surface area contributed by atoms with Gasteiger partial charge in [-0.15, -0.1) is 0 Å². The summed E-state index contributed by atoms with van der Waals surface area (Å²) in [7, 11) is 0. The second-order valence-corrected chi connectivity index (χ2v) is 12.1. The van der Waals surface area contributed by atoms with Crippen LogP contribution in [0.1, 0.15) is 33.7 Å². The van der Waals surface area contributed by atoms with Crippen molar-refractivity contribution in [2.45, 2.75) is 25.2 Å². The van der Waals surface area contributed by atoms with Crippen LogP contribution < -0.4 is 9.80 Å². The molecule has 4 aromatic rings. The van der Waals surface area contributed by atoms with Crippen LogP contribution in [0.2, 0.25) is 10.0 Å². The van der Waals surface area contributed by atoms with Gasteiger partial charge in [0.2, 0.25) is 23.6 Å². The van der Waals surface area contributed by atoms with Crippen LogP contribution in [-0.4, -0.2) is 23.6 Å². The second kappa shape index (κ2) is 9.38. The molecule has 8 heteroatoms. The normalized spacial score (nSPS) is 24.6. The third-order valence-electron chi connectivity index (χ3n) is 8.86. The van der Waals surface area contributed by atoms with Crippen molar-refractivity contribution in [2.75, 3.05) is 9.80 Å². The monoisotopic (exact) mass is 594 g/mol. The minimum Gasteiger partial charge on any atom is -0.274 e. The molecular weight excluding hydrogens is 571 g/mol. The Morgan fingerprint density at radius 2 is 1.17 bits per heavy atom. The average molecular weight is 595 g/mol. The largest absolute Gasteiger partial charge is 0.274 e. The molecule has 6 nitrogen and oxygen atoms in total. The van der Waals surface area contributed by atoms with Gasteiger partial charge in [0.05, 0.1) is 29.1 Å². The fourth-order valence-corrected chi connectivity index (χ4v) is 7.29. The van der Waals surface area contributed by atoms with Crippen LogP contribution in [0.15, 0.2) is 91.0 Å². The third kappa shape index (κ3) is 3.52. The Labute approximate surface area is 252 Å². The SMILES string of the molecule is Cc1ccc(N2C(=O)[C@@H]3[C@H](C2=O)c2ccc(Cl)cc2[C@]2(c4ccc(Cl)cc4)C(=O)N(c4ccc(C)cc4)C(=O)[C@H]32)cc1. The lowest BCUT2D eigenvalue weighted by atomic mass is 9.55. The Kier molecular flexibility index (Phi) is 5.95. The van der Waals surface area contributed by atoms with Gasteiger partial charge < -0.3 is 0 Å². The number of hydrogen-bond donors (Lipinski definition) is 0. The summed E-state index contributed by atoms with van der Waals surface area (Å²) in [5.41, 5.74) is 2.59. The van der Waals surface area contributed by atoms with Crippen molar-refractivity contribution in [3.8, 4) is 0 Å². The molecule has 0 N–H and O–H groups in total. The summed E-state index contributed by atoms with van der Waals surface area (Å²) in [6.45, 7) is 3.83. The molecule has 7 rings (SSSR count). The van der Waals surface area contributed by atoms with Gasteiger partial charge in [0.1, 0.15) is 5.41 Å². The van der Waals surface area contributed by atoms with Crippen molar-refractivity contribution in [2.24, 2.45) is 11.8 Å². The number of rotatable bonds is 3. The fourth-order valence-electron chi connectivity index (χ4n) is 6.99. The molecular formula is C34H24Cl2N2O4. The van der Waals surface area contributed by atoms with Crippen LogP contribution in [0.3, 0.4) is 0 Å². The Hall–Kier alpha value is -4.26. The van der Waals surface area contributed by atoms with Crippen LogP contribution in [0.4, 0.5) is 11.4 Å². The Morgan fingerprint density at radius 1 is 0.619 bits per heavy atom. The summed E-state index contributed by atoms with van der Waals surface area (Å²) in [6, 6.07) is 25.9. The maximum absolute atomic E-state index is 14.9. The number of anilines is 2. The highest BCUT2D eigenvalue weighted by atomic mass is 35.5. The molecule has 4 atom stereocenters. The van der Waals surface area contributed by atoms with E-state index in [0.29, 0.717) is 38.1 Å². The van der Waals surface area contributed by atoms with Gasteiger partial charge in [0.25, 0.3) is 0 Å². The lowest BCUT2D eigenvalue weighted by Crippen LogP contribution is -2.50. The topological polar surface area (TPSA) is 74.8 Å². The maximum Gasteiger partial charge on any atom is 0.249 e. The first kappa shape index (κ1) is 26.6. The molecule has 208 valence electrons. The predicted molar refractivity (Wildman–Crippen MR) is 161 cm³/mol. The van der Waals surface area contributed by atoms with Crippen LogP contribution in [0, 0.1) is 25.7 Å². The van der Waals surface area contributed by atoms with Crippen LogP contribution in [-0.2, 0) is 24.6 Å². The quantitative estimate of drug-likeness (QED) is 0.258. The molecule has 2 aliphatic heterocycles. The molecule has 0 unspecified atom stereocenters. The van der Waals surface area contributed by atoms with Gasteiger partial charge >= 0.3 is 0 Å². The van der Waals surface area contributed by atoms with Crippen molar-refractivity contribution in [3.63, 3.8) is 0 Å². The van der Waals surface area contributed by atoms with Crippen molar-refractivity contribution in [1.29, 1.82) is 0 Å². The van der Waals surface area contributed by atoms with Gasteiger partial charge in [-0.2, -0.15) is 0 Å². The Morgan fingerprint density at radius 3 is 1.76 bits per heavy atom. The second-order valence-electron chi connectivity index (χ2n) is 11.2. The van der Waals surface area contributed by atoms with E-state index in [-0.39, 0.29) is 0 Å². The molecule has 2 fully saturated rings. The molecule has 0 spiro atoms. The summed E-state index contributed by atoms with van der Waals surface area (Å²) in [5, 5.41) is 0.803. The van der Waals surface area contributed by atoms with Crippen molar-refractivity contribution in [1.82, 2.24) is 0 Å². The number of nitrogens with zero attached hydrogens (tertiary/aromatic N) is 2. The van der Waals surface area contributed by atoms with Crippen molar-refractivity contribution in [3.05, 3.63) is 129 Å². The number of carbonyl (C=O) groups excluding carboxylic acids is 4. The number of halogens is 2. The molecule has 1 aliphatic carbocycles. The summed E-state index contributed by atoms with van der Waals surface area (Å²) < 4.78 is 0. The van der Waals surface area contributed by atoms with E-state index in [2.05, 4.69) is 0 Å². The van der Waals surface area contributed by atoms with E-state index >= 15 is 0 Å². The summed E-state index contributed by atoms with van der Waals surface area (Å²) in [4.78, 5) is 60.4. The number of amides is 4. The molecule has 2 heterocycles. The molecule has 0 aromatic heterocycles. The molecule has 0 radical (unpaired) electrons. The Bertz CT molecular complexity index is 1820. The van der Waals surface area contributed by atoms with Gasteiger partial charge in [-0.1, -0.05) is 76.8 Å². The maximum atomic E-state index is 14.9. The minimum atomic E-state index is -1.62. The number of imide groups is 2. The lowest BCUT2D eigenvalue weighted by molar-refractivity contribution is -0.131. The van der Waals surface area contributed by atoms with Crippen LogP contribution >= 0.6 is 23.2 Å². The molecule has 0 saturated carbocycles. The molecule has 2 saturated heterocycles. The molecule has 42 heavy (non-hydrogen) atoms. The van der Waals surface area contributed by atoms with E-state index in [0.717, 1.165) is 20.9 Å². The number of carbonyl (C=O) groups is 4. The molecule has 3 aliphatic rings. The fraction of sp³-hybridized carbons (Fsp3) is 0.176. The van der Waals surface area contributed by atoms with Crippen LogP contribution in [0.5, 0.6) is 0 Å². The summed E-state index contributed by atoms with van der Waals surface area (Å²) >= 11 is 12.8. The van der Waals surface area contributed by atoms with Crippen molar-refractivity contribution < 1.29 is 19.2 Å². The number of benzene rings is 4. The highest BCUT2D eigenvalue weighted by molar-refractivity contribution is 6.34. The van der Waals surface area contributed by atoms with Gasteiger partial charge in [0.15, 0.2) is 0 Å². The summed E-state index contributed by atoms with van der Waals surface area (Å²) in [5.74, 6) is -5.26. The third-order valence-corrected chi connectivity index (χ3v) is 9.35. The first-order valence-corrected chi connectivity index (χ1v) is 14.4. The smallest absolute Gasteiger partial charge is 0.249 e. The van der Waals surface area contributed by atoms with Gasteiger partial charge in [0, 0.05) is 10.0 Å². The number of aryl methyl sites for hydroxylation is 2. The van der Waals surface area contributed by atoms with E-state index in [1.807, 2.05) is 38.1 Å². The number of hydrogen-bond acceptors (Lipinski definition) is 4. The highest BCUT2D eigenvalue weighted by Crippen LogP contribution is 2.61. The van der Waals surface area contributed by atoms with Crippen molar-refractivity contribution >= 4 is 58.2 Å². The predicted octanol–water partition coefficient (Wildman–Crippen LogP) is 6.37. The van der Waals surface area contributed by atoms with Gasteiger partial charge in [-0.25, -0.2) is 9.80 Å².